The van der Waals surface area contributed by atoms with Gasteiger partial charge in [-0.1, -0.05) is 0 Å². The predicted molar refractivity (Wildman–Crippen MR) is 54.0 cm³/mol. The molecule has 4 heteroatoms. The summed E-state index contributed by atoms with van der Waals surface area (Å²) >= 11 is 0. The molecule has 1 N–H and O–H groups in total. The third-order valence-electron chi connectivity index (χ3n) is 1.42. The van der Waals surface area contributed by atoms with Crippen LogP contribution in [0.4, 0.5) is 0 Å². The van der Waals surface area contributed by atoms with E-state index in [-0.39, 0.29) is 23.9 Å². The standard InChI is InChI=1S/C10H19NO3/c1-8(12)7-14-9(13)5-6-11-10(2,3)4/h11H,5-7H2,1-4H3. The molecule has 0 aliphatic heterocycles. The van der Waals surface area contributed by atoms with Gasteiger partial charge >= 0.3 is 5.97 Å². The minimum Gasteiger partial charge on any atom is -0.458 e. The van der Waals surface area contributed by atoms with E-state index in [1.54, 1.807) is 0 Å². The molecule has 0 fully saturated rings. The molecule has 0 amide bonds. The first-order valence-electron chi connectivity index (χ1n) is 4.71. The lowest BCUT2D eigenvalue weighted by Crippen LogP contribution is -2.37. The third kappa shape index (κ3) is 9.19. The maximum atomic E-state index is 11.0. The monoisotopic (exact) mass is 201 g/mol. The Balaban J connectivity index is 3.50. The summed E-state index contributed by atoms with van der Waals surface area (Å²) in [5.41, 5.74) is 0.000849. The summed E-state index contributed by atoms with van der Waals surface area (Å²) in [5.74, 6) is -0.473. The quantitative estimate of drug-likeness (QED) is 0.671. The normalized spacial score (nSPS) is 11.1. The first-order chi connectivity index (χ1) is 6.31. The van der Waals surface area contributed by atoms with E-state index in [1.807, 2.05) is 20.8 Å². The molecule has 0 aliphatic rings. The van der Waals surface area contributed by atoms with Crippen molar-refractivity contribution in [1.29, 1.82) is 0 Å². The Morgan fingerprint density at radius 3 is 2.29 bits per heavy atom. The second-order valence-corrected chi connectivity index (χ2v) is 4.29. The number of ether oxygens (including phenoxy) is 1. The maximum absolute atomic E-state index is 11.0. The van der Waals surface area contributed by atoms with Gasteiger partial charge in [0, 0.05) is 12.1 Å². The number of nitrogens with one attached hydrogen (secondary N) is 1. The van der Waals surface area contributed by atoms with Gasteiger partial charge in [0.1, 0.15) is 6.61 Å². The number of esters is 1. The lowest BCUT2D eigenvalue weighted by atomic mass is 10.1. The van der Waals surface area contributed by atoms with Crippen LogP contribution in [0.2, 0.25) is 0 Å². The van der Waals surface area contributed by atoms with Crippen LogP contribution in [0, 0.1) is 0 Å². The van der Waals surface area contributed by atoms with E-state index < -0.39 is 0 Å². The molecule has 0 aromatic carbocycles. The molecule has 0 radical (unpaired) electrons. The minimum atomic E-state index is -0.336. The van der Waals surface area contributed by atoms with Gasteiger partial charge in [0.25, 0.3) is 0 Å². The number of hydrogen-bond donors (Lipinski definition) is 1. The Hall–Kier alpha value is -0.900. The lowest BCUT2D eigenvalue weighted by molar-refractivity contribution is -0.147. The largest absolute Gasteiger partial charge is 0.458 e. The summed E-state index contributed by atoms with van der Waals surface area (Å²) in [5, 5.41) is 3.15. The van der Waals surface area contributed by atoms with Gasteiger partial charge in [-0.2, -0.15) is 0 Å². The molecule has 0 saturated heterocycles. The molecule has 0 unspecified atom stereocenters. The van der Waals surface area contributed by atoms with Crippen LogP contribution in [0.15, 0.2) is 0 Å². The van der Waals surface area contributed by atoms with Gasteiger partial charge in [-0.05, 0) is 27.7 Å². The molecule has 0 aliphatic carbocycles. The van der Waals surface area contributed by atoms with E-state index in [0.29, 0.717) is 13.0 Å². The second kappa shape index (κ2) is 5.75. The van der Waals surface area contributed by atoms with E-state index >= 15 is 0 Å². The van der Waals surface area contributed by atoms with Crippen molar-refractivity contribution in [1.82, 2.24) is 5.32 Å². The number of carbonyl (C=O) groups excluding carboxylic acids is 2. The third-order valence-corrected chi connectivity index (χ3v) is 1.42. The maximum Gasteiger partial charge on any atom is 0.307 e. The smallest absolute Gasteiger partial charge is 0.307 e. The van der Waals surface area contributed by atoms with Crippen molar-refractivity contribution in [2.24, 2.45) is 0 Å². The van der Waals surface area contributed by atoms with Crippen LogP contribution < -0.4 is 5.32 Å². The van der Waals surface area contributed by atoms with Crippen molar-refractivity contribution in [2.75, 3.05) is 13.2 Å². The van der Waals surface area contributed by atoms with Crippen molar-refractivity contribution in [3.05, 3.63) is 0 Å². The van der Waals surface area contributed by atoms with Crippen molar-refractivity contribution in [3.8, 4) is 0 Å². The molecule has 14 heavy (non-hydrogen) atoms. The average Bonchev–Trinajstić information content (AvgIpc) is 1.98. The van der Waals surface area contributed by atoms with Crippen LogP contribution in [0.5, 0.6) is 0 Å². The molecule has 0 saturated carbocycles. The summed E-state index contributed by atoms with van der Waals surface area (Å²) in [4.78, 5) is 21.5. The van der Waals surface area contributed by atoms with Gasteiger partial charge in [-0.15, -0.1) is 0 Å². The van der Waals surface area contributed by atoms with Crippen LogP contribution in [0.3, 0.4) is 0 Å². The van der Waals surface area contributed by atoms with Crippen LogP contribution in [-0.2, 0) is 14.3 Å². The first kappa shape index (κ1) is 13.1. The van der Waals surface area contributed by atoms with Gasteiger partial charge < -0.3 is 10.1 Å². The molecule has 0 spiro atoms. The van der Waals surface area contributed by atoms with Gasteiger partial charge in [0.2, 0.25) is 0 Å². The summed E-state index contributed by atoms with van der Waals surface area (Å²) in [6.07, 6.45) is 0.296. The van der Waals surface area contributed by atoms with Crippen LogP contribution >= 0.6 is 0 Å². The highest BCUT2D eigenvalue weighted by Crippen LogP contribution is 1.98. The molecular formula is C10H19NO3. The fourth-order valence-electron chi connectivity index (χ4n) is 0.794. The second-order valence-electron chi connectivity index (χ2n) is 4.29. The summed E-state index contributed by atoms with van der Waals surface area (Å²) in [7, 11) is 0. The molecule has 82 valence electrons. The number of hydrogen-bond acceptors (Lipinski definition) is 4. The molecule has 0 aromatic rings. The average molecular weight is 201 g/mol. The number of ketones is 1. The zero-order valence-corrected chi connectivity index (χ0v) is 9.35. The topological polar surface area (TPSA) is 55.4 Å². The van der Waals surface area contributed by atoms with E-state index in [0.717, 1.165) is 0 Å². The number of Topliss-reactive ketones (excluding diaryl/α,β-unsaturated/α-hetero) is 1. The lowest BCUT2D eigenvalue weighted by Gasteiger charge is -2.19. The van der Waals surface area contributed by atoms with E-state index in [9.17, 15) is 9.59 Å². The SMILES string of the molecule is CC(=O)COC(=O)CCNC(C)(C)C. The van der Waals surface area contributed by atoms with E-state index in [2.05, 4.69) is 10.1 Å². The fraction of sp³-hybridized carbons (Fsp3) is 0.800. The van der Waals surface area contributed by atoms with Crippen molar-refractivity contribution in [3.63, 3.8) is 0 Å². The Kier molecular flexibility index (Phi) is 5.38. The van der Waals surface area contributed by atoms with E-state index in [4.69, 9.17) is 0 Å². The van der Waals surface area contributed by atoms with Crippen molar-refractivity contribution in [2.45, 2.75) is 39.7 Å². The van der Waals surface area contributed by atoms with Gasteiger partial charge in [-0.25, -0.2) is 0 Å². The van der Waals surface area contributed by atoms with Gasteiger partial charge in [0.05, 0.1) is 6.42 Å². The zero-order valence-electron chi connectivity index (χ0n) is 9.35. The molecule has 0 bridgehead atoms. The number of rotatable bonds is 5. The van der Waals surface area contributed by atoms with Gasteiger partial charge in [0.15, 0.2) is 5.78 Å². The van der Waals surface area contributed by atoms with Crippen LogP contribution in [0.1, 0.15) is 34.1 Å². The van der Waals surface area contributed by atoms with E-state index in [1.165, 1.54) is 6.92 Å². The molecule has 0 rings (SSSR count). The predicted octanol–water partition coefficient (Wildman–Crippen LogP) is 0.897. The Bertz CT molecular complexity index is 206. The molecule has 0 heterocycles. The Labute approximate surface area is 85.0 Å². The zero-order chi connectivity index (χ0) is 11.2. The minimum absolute atomic E-state index is 0.000849. The summed E-state index contributed by atoms with van der Waals surface area (Å²) in [6.45, 7) is 7.91. The van der Waals surface area contributed by atoms with Crippen molar-refractivity contribution < 1.29 is 14.3 Å². The first-order valence-corrected chi connectivity index (χ1v) is 4.71. The highest BCUT2D eigenvalue weighted by atomic mass is 16.5. The molecule has 0 aromatic heterocycles. The summed E-state index contributed by atoms with van der Waals surface area (Å²) in [6, 6.07) is 0. The van der Waals surface area contributed by atoms with Gasteiger partial charge in [-0.3, -0.25) is 9.59 Å². The van der Waals surface area contributed by atoms with Crippen LogP contribution in [-0.4, -0.2) is 30.4 Å². The highest BCUT2D eigenvalue weighted by Gasteiger charge is 2.10. The summed E-state index contributed by atoms with van der Waals surface area (Å²) < 4.78 is 4.69. The molecule has 0 atom stereocenters. The number of carbonyl (C=O) groups is 2. The Morgan fingerprint density at radius 2 is 1.86 bits per heavy atom. The molecule has 4 nitrogen and oxygen atoms in total. The fourth-order valence-corrected chi connectivity index (χ4v) is 0.794. The Morgan fingerprint density at radius 1 is 1.29 bits per heavy atom. The van der Waals surface area contributed by atoms with Crippen molar-refractivity contribution >= 4 is 11.8 Å². The highest BCUT2D eigenvalue weighted by molar-refractivity contribution is 5.80. The molecular weight excluding hydrogens is 182 g/mol. The van der Waals surface area contributed by atoms with Crippen LogP contribution in [0.25, 0.3) is 0 Å².